The minimum absolute atomic E-state index is 0.101. The highest BCUT2D eigenvalue weighted by Crippen LogP contribution is 2.27. The van der Waals surface area contributed by atoms with Crippen molar-refractivity contribution < 1.29 is 24.0 Å². The first-order valence-corrected chi connectivity index (χ1v) is 8.31. The van der Waals surface area contributed by atoms with E-state index in [9.17, 15) is 19.7 Å². The van der Waals surface area contributed by atoms with Crippen molar-refractivity contribution in [3.63, 3.8) is 0 Å². The van der Waals surface area contributed by atoms with Gasteiger partial charge in [-0.2, -0.15) is 0 Å². The first kappa shape index (κ1) is 18.8. The third kappa shape index (κ3) is 4.59. The average molecular weight is 377 g/mol. The van der Waals surface area contributed by atoms with Crippen LogP contribution in [0.25, 0.3) is 0 Å². The van der Waals surface area contributed by atoms with E-state index in [0.29, 0.717) is 5.56 Å². The van der Waals surface area contributed by atoms with Crippen molar-refractivity contribution >= 4 is 17.4 Å². The maximum absolute atomic E-state index is 12.3. The van der Waals surface area contributed by atoms with Crippen LogP contribution in [0.2, 0.25) is 0 Å². The van der Waals surface area contributed by atoms with Crippen LogP contribution >= 0.6 is 0 Å². The largest absolute Gasteiger partial charge is 0.482 e. The fourth-order valence-corrected chi connectivity index (χ4v) is 2.38. The molecule has 0 aromatic heterocycles. The number of benzene rings is 3. The van der Waals surface area contributed by atoms with Crippen molar-refractivity contribution in [2.75, 3.05) is 6.61 Å². The van der Waals surface area contributed by atoms with Crippen LogP contribution < -0.4 is 9.47 Å². The molecule has 140 valence electrons. The Bertz CT molecular complexity index is 999. The smallest absolute Gasteiger partial charge is 0.343 e. The van der Waals surface area contributed by atoms with Crippen molar-refractivity contribution in [3.05, 3.63) is 100 Å². The van der Waals surface area contributed by atoms with Gasteiger partial charge in [-0.15, -0.1) is 0 Å². The monoisotopic (exact) mass is 377 g/mol. The molecule has 0 aliphatic heterocycles. The molecule has 0 N–H and O–H groups in total. The van der Waals surface area contributed by atoms with Gasteiger partial charge in [0.15, 0.2) is 23.9 Å². The number of nitro benzene ring substituents is 1. The molecule has 0 atom stereocenters. The number of ketones is 1. The van der Waals surface area contributed by atoms with Gasteiger partial charge in [-0.3, -0.25) is 14.9 Å². The lowest BCUT2D eigenvalue weighted by Crippen LogP contribution is -2.13. The maximum Gasteiger partial charge on any atom is 0.343 e. The van der Waals surface area contributed by atoms with Crippen molar-refractivity contribution in [1.29, 1.82) is 0 Å². The van der Waals surface area contributed by atoms with Crippen molar-refractivity contribution in [3.8, 4) is 11.5 Å². The van der Waals surface area contributed by atoms with E-state index in [1.807, 2.05) is 0 Å². The molecule has 0 spiro atoms. The van der Waals surface area contributed by atoms with E-state index >= 15 is 0 Å². The van der Waals surface area contributed by atoms with Crippen molar-refractivity contribution in [2.24, 2.45) is 0 Å². The molecule has 3 aromatic carbocycles. The maximum atomic E-state index is 12.3. The van der Waals surface area contributed by atoms with Crippen LogP contribution in [0, 0.1) is 10.1 Å². The molecule has 0 amide bonds. The summed E-state index contributed by atoms with van der Waals surface area (Å²) in [6.45, 7) is -0.308. The summed E-state index contributed by atoms with van der Waals surface area (Å²) in [5.41, 5.74) is 0.569. The topological polar surface area (TPSA) is 95.7 Å². The van der Waals surface area contributed by atoms with Gasteiger partial charge in [0.25, 0.3) is 5.69 Å². The molecule has 0 heterocycles. The third-order valence-corrected chi connectivity index (χ3v) is 3.82. The molecule has 0 saturated carbocycles. The van der Waals surface area contributed by atoms with Crippen LogP contribution in [-0.2, 0) is 0 Å². The molecule has 3 rings (SSSR count). The molecule has 0 saturated heterocycles. The number of nitro groups is 1. The van der Waals surface area contributed by atoms with Crippen LogP contribution in [0.3, 0.4) is 0 Å². The van der Waals surface area contributed by atoms with E-state index in [0.717, 1.165) is 0 Å². The standard InChI is InChI=1S/C21H15NO6/c23-18(15-10-12-17(13-11-15)22(25)26)14-27-19-8-4-5-9-20(19)28-21(24)16-6-2-1-3-7-16/h1-13H,14H2. The number of hydrogen-bond donors (Lipinski definition) is 0. The molecule has 7 heteroatoms. The van der Waals surface area contributed by atoms with Crippen LogP contribution in [0.15, 0.2) is 78.9 Å². The van der Waals surface area contributed by atoms with Gasteiger partial charge >= 0.3 is 5.97 Å². The van der Waals surface area contributed by atoms with Gasteiger partial charge in [0.2, 0.25) is 0 Å². The Morgan fingerprint density at radius 1 is 0.786 bits per heavy atom. The minimum Gasteiger partial charge on any atom is -0.482 e. The van der Waals surface area contributed by atoms with E-state index in [1.165, 1.54) is 24.3 Å². The predicted molar refractivity (Wildman–Crippen MR) is 101 cm³/mol. The number of Topliss-reactive ketones (excluding diaryl/α,β-unsaturated/α-hetero) is 1. The molecule has 0 aliphatic carbocycles. The lowest BCUT2D eigenvalue weighted by atomic mass is 10.1. The van der Waals surface area contributed by atoms with Crippen molar-refractivity contribution in [1.82, 2.24) is 0 Å². The average Bonchev–Trinajstić information content (AvgIpc) is 2.73. The molecule has 0 radical (unpaired) electrons. The number of non-ortho nitro benzene ring substituents is 1. The summed E-state index contributed by atoms with van der Waals surface area (Å²) < 4.78 is 10.9. The van der Waals surface area contributed by atoms with Crippen LogP contribution in [0.5, 0.6) is 11.5 Å². The summed E-state index contributed by atoms with van der Waals surface area (Å²) in [6, 6.07) is 20.2. The SMILES string of the molecule is O=C(COc1ccccc1OC(=O)c1ccccc1)c1ccc([N+](=O)[O-])cc1. The summed E-state index contributed by atoms with van der Waals surface area (Å²) in [7, 11) is 0. The van der Waals surface area contributed by atoms with E-state index in [4.69, 9.17) is 9.47 Å². The summed E-state index contributed by atoms with van der Waals surface area (Å²) >= 11 is 0. The second kappa shape index (κ2) is 8.59. The Morgan fingerprint density at radius 3 is 2.04 bits per heavy atom. The normalized spacial score (nSPS) is 10.1. The first-order valence-electron chi connectivity index (χ1n) is 8.31. The molecule has 7 nitrogen and oxygen atoms in total. The molecular weight excluding hydrogens is 362 g/mol. The van der Waals surface area contributed by atoms with Gasteiger partial charge < -0.3 is 9.47 Å². The Labute approximate surface area is 160 Å². The van der Waals surface area contributed by atoms with Gasteiger partial charge in [-0.1, -0.05) is 30.3 Å². The van der Waals surface area contributed by atoms with Gasteiger partial charge in [0.1, 0.15) is 0 Å². The number of hydrogen-bond acceptors (Lipinski definition) is 6. The Morgan fingerprint density at radius 2 is 1.39 bits per heavy atom. The highest BCUT2D eigenvalue weighted by Gasteiger charge is 2.14. The zero-order chi connectivity index (χ0) is 19.9. The van der Waals surface area contributed by atoms with Crippen LogP contribution in [0.1, 0.15) is 20.7 Å². The third-order valence-electron chi connectivity index (χ3n) is 3.82. The van der Waals surface area contributed by atoms with Crippen LogP contribution in [0.4, 0.5) is 5.69 Å². The number of carbonyl (C=O) groups excluding carboxylic acids is 2. The Hall–Kier alpha value is -4.00. The van der Waals surface area contributed by atoms with E-state index in [1.54, 1.807) is 54.6 Å². The van der Waals surface area contributed by atoms with Crippen LogP contribution in [-0.4, -0.2) is 23.3 Å². The fraction of sp³-hybridized carbons (Fsp3) is 0.0476. The Kier molecular flexibility index (Phi) is 5.76. The summed E-state index contributed by atoms with van der Waals surface area (Å²) in [4.78, 5) is 34.6. The predicted octanol–water partition coefficient (Wildman–Crippen LogP) is 4.08. The molecule has 3 aromatic rings. The molecule has 0 unspecified atom stereocenters. The molecule has 0 bridgehead atoms. The molecule has 0 aliphatic rings. The highest BCUT2D eigenvalue weighted by molar-refractivity contribution is 5.97. The second-order valence-corrected chi connectivity index (χ2v) is 5.72. The molecule has 0 fully saturated rings. The zero-order valence-corrected chi connectivity index (χ0v) is 14.6. The lowest BCUT2D eigenvalue weighted by Gasteiger charge is -2.11. The summed E-state index contributed by atoms with van der Waals surface area (Å²) in [5.74, 6) is -0.479. The van der Waals surface area contributed by atoms with Gasteiger partial charge in [0, 0.05) is 17.7 Å². The number of rotatable bonds is 7. The number of esters is 1. The highest BCUT2D eigenvalue weighted by atomic mass is 16.6. The lowest BCUT2D eigenvalue weighted by molar-refractivity contribution is -0.384. The van der Waals surface area contributed by atoms with Gasteiger partial charge in [-0.05, 0) is 36.4 Å². The van der Waals surface area contributed by atoms with E-state index in [-0.39, 0.29) is 35.1 Å². The van der Waals surface area contributed by atoms with Crippen molar-refractivity contribution in [2.45, 2.75) is 0 Å². The Balaban J connectivity index is 1.67. The number of nitrogens with zero attached hydrogens (tertiary/aromatic N) is 1. The molecular formula is C21H15NO6. The first-order chi connectivity index (χ1) is 13.5. The minimum atomic E-state index is -0.543. The number of para-hydroxylation sites is 2. The van der Waals surface area contributed by atoms with E-state index in [2.05, 4.69) is 0 Å². The fourth-order valence-electron chi connectivity index (χ4n) is 2.38. The number of carbonyl (C=O) groups is 2. The number of ether oxygens (including phenoxy) is 2. The van der Waals surface area contributed by atoms with Gasteiger partial charge in [0.05, 0.1) is 10.5 Å². The summed E-state index contributed by atoms with van der Waals surface area (Å²) in [5, 5.41) is 10.7. The zero-order valence-electron chi connectivity index (χ0n) is 14.6. The second-order valence-electron chi connectivity index (χ2n) is 5.72. The quantitative estimate of drug-likeness (QED) is 0.202. The summed E-state index contributed by atoms with van der Waals surface area (Å²) in [6.07, 6.45) is 0. The van der Waals surface area contributed by atoms with Gasteiger partial charge in [-0.25, -0.2) is 4.79 Å². The van der Waals surface area contributed by atoms with E-state index < -0.39 is 10.9 Å². The molecule has 28 heavy (non-hydrogen) atoms.